The van der Waals surface area contributed by atoms with E-state index in [-0.39, 0.29) is 29.7 Å². The van der Waals surface area contributed by atoms with Crippen LogP contribution in [0.2, 0.25) is 0 Å². The van der Waals surface area contributed by atoms with Crippen molar-refractivity contribution in [2.45, 2.75) is 51.6 Å². The molecule has 146 valence electrons. The van der Waals surface area contributed by atoms with Gasteiger partial charge in [-0.15, -0.1) is 0 Å². The highest BCUT2D eigenvalue weighted by Gasteiger charge is 2.53. The molecular weight excluding hydrogens is 350 g/mol. The minimum absolute atomic E-state index is 0.0513. The van der Waals surface area contributed by atoms with E-state index >= 15 is 0 Å². The molecule has 3 N–H and O–H groups in total. The third-order valence-corrected chi connectivity index (χ3v) is 4.40. The Balaban J connectivity index is 2.31. The molecule has 8 nitrogen and oxygen atoms in total. The summed E-state index contributed by atoms with van der Waals surface area (Å²) in [4.78, 5) is 48.8. The molecule has 0 aromatic heterocycles. The van der Waals surface area contributed by atoms with Gasteiger partial charge in [-0.3, -0.25) is 24.4 Å². The average Bonchev–Trinajstić information content (AvgIpc) is 2.78. The zero-order valence-corrected chi connectivity index (χ0v) is 15.7. The second kappa shape index (κ2) is 8.30. The van der Waals surface area contributed by atoms with E-state index in [2.05, 4.69) is 10.6 Å². The van der Waals surface area contributed by atoms with Gasteiger partial charge in [-0.05, 0) is 17.9 Å². The van der Waals surface area contributed by atoms with Gasteiger partial charge in [0.2, 0.25) is 11.8 Å². The van der Waals surface area contributed by atoms with Crippen LogP contribution >= 0.6 is 0 Å². The number of amides is 4. The molecule has 1 heterocycles. The molecule has 2 atom stereocenters. The second-order valence-electron chi connectivity index (χ2n) is 7.30. The summed E-state index contributed by atoms with van der Waals surface area (Å²) in [5, 5.41) is 15.0. The Labute approximate surface area is 157 Å². The highest BCUT2D eigenvalue weighted by Crippen LogP contribution is 2.28. The lowest BCUT2D eigenvalue weighted by molar-refractivity contribution is -0.173. The number of imide groups is 1. The fourth-order valence-electron chi connectivity index (χ4n) is 3.22. The summed E-state index contributed by atoms with van der Waals surface area (Å²) in [7, 11) is 0. The molecule has 0 aliphatic carbocycles. The largest absolute Gasteiger partial charge is 0.345 e. The van der Waals surface area contributed by atoms with Crippen LogP contribution < -0.4 is 10.6 Å². The summed E-state index contributed by atoms with van der Waals surface area (Å²) < 4.78 is 0. The predicted octanol–water partition coefficient (Wildman–Crippen LogP) is 0.783. The van der Waals surface area contributed by atoms with Crippen LogP contribution in [-0.2, 0) is 25.6 Å². The molecule has 1 aromatic carbocycles. The lowest BCUT2D eigenvalue weighted by Gasteiger charge is -2.30. The van der Waals surface area contributed by atoms with E-state index in [0.29, 0.717) is 6.42 Å². The fourth-order valence-corrected chi connectivity index (χ4v) is 3.22. The first-order valence-corrected chi connectivity index (χ1v) is 8.84. The Bertz CT molecular complexity index is 734. The number of hydrogen-bond donors (Lipinski definition) is 3. The summed E-state index contributed by atoms with van der Waals surface area (Å²) in [5.74, 6) is -2.48. The van der Waals surface area contributed by atoms with Crippen molar-refractivity contribution in [1.82, 2.24) is 15.7 Å². The maximum atomic E-state index is 12.8. The number of nitrogens with one attached hydrogen (secondary N) is 2. The van der Waals surface area contributed by atoms with Crippen LogP contribution in [-0.4, -0.2) is 45.5 Å². The van der Waals surface area contributed by atoms with Crippen LogP contribution in [0.5, 0.6) is 0 Å². The highest BCUT2D eigenvalue weighted by atomic mass is 16.5. The van der Waals surface area contributed by atoms with Crippen molar-refractivity contribution in [2.24, 2.45) is 5.92 Å². The second-order valence-corrected chi connectivity index (χ2v) is 7.30. The van der Waals surface area contributed by atoms with Gasteiger partial charge in [-0.2, -0.15) is 5.06 Å². The molecule has 1 aliphatic rings. The van der Waals surface area contributed by atoms with Crippen LogP contribution in [0.25, 0.3) is 0 Å². The van der Waals surface area contributed by atoms with E-state index in [1.807, 2.05) is 19.9 Å². The first-order chi connectivity index (χ1) is 12.6. The Kier molecular flexibility index (Phi) is 6.32. The molecule has 1 saturated heterocycles. The summed E-state index contributed by atoms with van der Waals surface area (Å²) in [6, 6.07) is 8.06. The first-order valence-electron chi connectivity index (χ1n) is 8.84. The number of rotatable bonds is 7. The van der Waals surface area contributed by atoms with E-state index in [9.17, 15) is 24.4 Å². The van der Waals surface area contributed by atoms with Gasteiger partial charge in [0.15, 0.2) is 0 Å². The van der Waals surface area contributed by atoms with Gasteiger partial charge < -0.3 is 10.6 Å². The molecule has 4 amide bonds. The normalized spacial score (nSPS) is 20.7. The predicted molar refractivity (Wildman–Crippen MR) is 96.3 cm³/mol. The summed E-state index contributed by atoms with van der Waals surface area (Å²) in [5.41, 5.74) is -0.855. The number of carbonyl (C=O) groups is 4. The fraction of sp³-hybridized carbons (Fsp3) is 0.474. The zero-order valence-electron chi connectivity index (χ0n) is 15.7. The molecule has 0 saturated carbocycles. The van der Waals surface area contributed by atoms with Crippen LogP contribution in [0.15, 0.2) is 30.3 Å². The molecule has 1 aliphatic heterocycles. The molecule has 0 unspecified atom stereocenters. The highest BCUT2D eigenvalue weighted by molar-refractivity contribution is 6.09. The monoisotopic (exact) mass is 375 g/mol. The Morgan fingerprint density at radius 2 is 1.85 bits per heavy atom. The molecule has 0 bridgehead atoms. The maximum absolute atomic E-state index is 12.8. The maximum Gasteiger partial charge on any atom is 0.279 e. The third-order valence-electron chi connectivity index (χ3n) is 4.40. The van der Waals surface area contributed by atoms with Crippen molar-refractivity contribution in [3.8, 4) is 0 Å². The first kappa shape index (κ1) is 20.6. The van der Waals surface area contributed by atoms with Gasteiger partial charge in [-0.25, -0.2) is 0 Å². The van der Waals surface area contributed by atoms with Crippen LogP contribution in [0.1, 0.15) is 39.2 Å². The van der Waals surface area contributed by atoms with Crippen molar-refractivity contribution in [1.29, 1.82) is 0 Å². The molecule has 2 rings (SSSR count). The lowest BCUT2D eigenvalue weighted by atomic mass is 9.88. The molecule has 0 spiro atoms. The number of hydrogen-bond acceptors (Lipinski definition) is 5. The minimum atomic E-state index is -1.59. The molecular formula is C19H25N3O5. The molecule has 1 aromatic rings. The molecule has 1 fully saturated rings. The van der Waals surface area contributed by atoms with E-state index in [0.717, 1.165) is 5.56 Å². The number of carbonyl (C=O) groups excluding carboxylic acids is 4. The van der Waals surface area contributed by atoms with Crippen molar-refractivity contribution < 1.29 is 24.4 Å². The van der Waals surface area contributed by atoms with Crippen molar-refractivity contribution in [3.05, 3.63) is 35.9 Å². The van der Waals surface area contributed by atoms with Crippen LogP contribution in [0.3, 0.4) is 0 Å². The number of benzene rings is 1. The van der Waals surface area contributed by atoms with Gasteiger partial charge >= 0.3 is 0 Å². The summed E-state index contributed by atoms with van der Waals surface area (Å²) >= 11 is 0. The molecule has 8 heteroatoms. The van der Waals surface area contributed by atoms with Crippen molar-refractivity contribution in [2.75, 3.05) is 0 Å². The smallest absolute Gasteiger partial charge is 0.279 e. The van der Waals surface area contributed by atoms with Gasteiger partial charge in [0.05, 0.1) is 6.42 Å². The SMILES string of the molecule is CC(=O)N[C@H](CC(C)C)C(=O)N[C@]1(Cc2ccccc2)CC(=O)N(O)C1=O. The van der Waals surface area contributed by atoms with E-state index in [4.69, 9.17) is 0 Å². The van der Waals surface area contributed by atoms with Gasteiger partial charge in [0.25, 0.3) is 11.8 Å². The summed E-state index contributed by atoms with van der Waals surface area (Å²) in [6.07, 6.45) is 0.0743. The van der Waals surface area contributed by atoms with Crippen LogP contribution in [0.4, 0.5) is 0 Å². The van der Waals surface area contributed by atoms with E-state index in [1.165, 1.54) is 6.92 Å². The lowest BCUT2D eigenvalue weighted by Crippen LogP contribution is -2.60. The van der Waals surface area contributed by atoms with E-state index in [1.54, 1.807) is 24.3 Å². The Morgan fingerprint density at radius 3 is 2.33 bits per heavy atom. The quantitative estimate of drug-likeness (QED) is 0.481. The number of nitrogens with zero attached hydrogens (tertiary/aromatic N) is 1. The van der Waals surface area contributed by atoms with Gasteiger partial charge in [0.1, 0.15) is 11.6 Å². The van der Waals surface area contributed by atoms with Crippen molar-refractivity contribution in [3.63, 3.8) is 0 Å². The average molecular weight is 375 g/mol. The van der Waals surface area contributed by atoms with Crippen LogP contribution in [0, 0.1) is 5.92 Å². The van der Waals surface area contributed by atoms with Gasteiger partial charge in [0, 0.05) is 13.3 Å². The molecule has 27 heavy (non-hydrogen) atoms. The van der Waals surface area contributed by atoms with Crippen molar-refractivity contribution >= 4 is 23.6 Å². The standard InChI is InChI=1S/C19H25N3O5/c1-12(2)9-15(20-13(3)23)17(25)21-19(10-14-7-5-4-6-8-14)11-16(24)22(27)18(19)26/h4-8,12,15,27H,9-11H2,1-3H3,(H,20,23)(H,21,25)/t15-,19-/m1/s1. The number of hydroxylamine groups is 2. The minimum Gasteiger partial charge on any atom is -0.345 e. The zero-order chi connectivity index (χ0) is 20.2. The topological polar surface area (TPSA) is 116 Å². The van der Waals surface area contributed by atoms with E-state index < -0.39 is 29.3 Å². The Morgan fingerprint density at radius 1 is 1.22 bits per heavy atom. The summed E-state index contributed by atoms with van der Waals surface area (Å²) in [6.45, 7) is 5.11. The third kappa shape index (κ3) is 4.91. The van der Waals surface area contributed by atoms with Gasteiger partial charge in [-0.1, -0.05) is 44.2 Å². The Hall–Kier alpha value is -2.74. The molecule has 0 radical (unpaired) electrons.